The first kappa shape index (κ1) is 17.6. The van der Waals surface area contributed by atoms with Crippen LogP contribution in [0.3, 0.4) is 0 Å². The minimum absolute atomic E-state index is 0.166. The monoisotopic (exact) mass is 367 g/mol. The Hall–Kier alpha value is -2.20. The molecule has 1 aliphatic rings. The Labute approximate surface area is 145 Å². The second-order valence-electron chi connectivity index (χ2n) is 6.25. The van der Waals surface area contributed by atoms with E-state index in [2.05, 4.69) is 20.7 Å². The first-order chi connectivity index (χ1) is 11.8. The molecule has 9 nitrogen and oxygen atoms in total. The molecule has 2 N–H and O–H groups in total. The number of rotatable bonds is 4. The molecule has 0 unspecified atom stereocenters. The average Bonchev–Trinajstić information content (AvgIpc) is 3.13. The summed E-state index contributed by atoms with van der Waals surface area (Å²) in [5.74, 6) is 0.570. The van der Waals surface area contributed by atoms with E-state index in [0.29, 0.717) is 48.9 Å². The fourth-order valence-electron chi connectivity index (χ4n) is 3.06. The van der Waals surface area contributed by atoms with E-state index in [9.17, 15) is 13.2 Å². The number of piperidine rings is 1. The topological polar surface area (TPSA) is 121 Å². The lowest BCUT2D eigenvalue weighted by atomic mass is 9.97. The molecule has 25 heavy (non-hydrogen) atoms. The second kappa shape index (κ2) is 6.60. The summed E-state index contributed by atoms with van der Waals surface area (Å²) in [5.41, 5.74) is 0.984. The molecule has 0 atom stereocenters. The number of aromatic amines is 1. The number of sulfonamides is 1. The molecule has 0 saturated carbocycles. The molecular formula is C15H21N5O4S. The number of nitrogens with zero attached hydrogens (tertiary/aromatic N) is 3. The summed E-state index contributed by atoms with van der Waals surface area (Å²) in [4.78, 5) is 12.5. The highest BCUT2D eigenvalue weighted by Crippen LogP contribution is 2.27. The fraction of sp³-hybridized carbons (Fsp3) is 0.533. The van der Waals surface area contributed by atoms with Crippen molar-refractivity contribution in [3.05, 3.63) is 23.2 Å². The van der Waals surface area contributed by atoms with Crippen molar-refractivity contribution < 1.29 is 17.7 Å². The van der Waals surface area contributed by atoms with E-state index in [1.54, 1.807) is 26.8 Å². The number of hydrogen-bond donors (Lipinski definition) is 2. The molecule has 1 fully saturated rings. The van der Waals surface area contributed by atoms with Gasteiger partial charge < -0.3 is 9.84 Å². The number of carbonyl (C=O) groups is 1. The van der Waals surface area contributed by atoms with Crippen LogP contribution in [0, 0.1) is 26.7 Å². The van der Waals surface area contributed by atoms with Gasteiger partial charge in [-0.15, -0.1) is 0 Å². The Morgan fingerprint density at radius 3 is 2.52 bits per heavy atom. The number of aromatic nitrogens is 3. The van der Waals surface area contributed by atoms with Gasteiger partial charge in [-0.05, 0) is 33.6 Å². The molecule has 0 spiro atoms. The lowest BCUT2D eigenvalue weighted by Crippen LogP contribution is -2.41. The van der Waals surface area contributed by atoms with Crippen LogP contribution >= 0.6 is 0 Å². The fourth-order valence-corrected chi connectivity index (χ4v) is 4.86. The number of carbonyl (C=O) groups excluding carboxylic acids is 1. The van der Waals surface area contributed by atoms with Gasteiger partial charge in [0.2, 0.25) is 15.9 Å². The van der Waals surface area contributed by atoms with Gasteiger partial charge in [0.05, 0.1) is 11.4 Å². The number of nitrogens with one attached hydrogen (secondary N) is 2. The third-order valence-corrected chi connectivity index (χ3v) is 6.52. The number of amides is 1. The van der Waals surface area contributed by atoms with Crippen LogP contribution in [0.15, 0.2) is 15.5 Å². The SMILES string of the molecule is Cc1cc(NC(=O)C2CCN(S(=O)(=O)c3c(C)n[nH]c3C)CC2)no1. The smallest absolute Gasteiger partial charge is 0.246 e. The quantitative estimate of drug-likeness (QED) is 0.841. The van der Waals surface area contributed by atoms with E-state index in [0.717, 1.165) is 0 Å². The molecule has 3 rings (SSSR count). The molecule has 0 bridgehead atoms. The Bertz CT molecular complexity index is 858. The standard InChI is InChI=1S/C15H21N5O4S/c1-9-8-13(19-24-9)16-15(21)12-4-6-20(7-5-12)25(22,23)14-10(2)17-18-11(14)3/h8,12H,4-7H2,1-3H3,(H,17,18)(H,16,19,21). The lowest BCUT2D eigenvalue weighted by molar-refractivity contribution is -0.120. The van der Waals surface area contributed by atoms with Gasteiger partial charge in [-0.3, -0.25) is 9.89 Å². The number of anilines is 1. The van der Waals surface area contributed by atoms with Crippen LogP contribution in [0.2, 0.25) is 0 Å². The molecule has 2 aromatic rings. The van der Waals surface area contributed by atoms with Gasteiger partial charge in [0.15, 0.2) is 5.82 Å². The van der Waals surface area contributed by atoms with E-state index in [4.69, 9.17) is 4.52 Å². The van der Waals surface area contributed by atoms with Crippen LogP contribution in [0.5, 0.6) is 0 Å². The van der Waals surface area contributed by atoms with Gasteiger partial charge in [-0.25, -0.2) is 8.42 Å². The van der Waals surface area contributed by atoms with Crippen molar-refractivity contribution >= 4 is 21.7 Å². The number of H-pyrrole nitrogens is 1. The zero-order chi connectivity index (χ0) is 18.2. The van der Waals surface area contributed by atoms with E-state index >= 15 is 0 Å². The number of hydrogen-bond acceptors (Lipinski definition) is 6. The van der Waals surface area contributed by atoms with E-state index < -0.39 is 10.0 Å². The van der Waals surface area contributed by atoms with Crippen molar-refractivity contribution in [3.63, 3.8) is 0 Å². The average molecular weight is 367 g/mol. The highest BCUT2D eigenvalue weighted by molar-refractivity contribution is 7.89. The van der Waals surface area contributed by atoms with E-state index in [1.807, 2.05) is 0 Å². The summed E-state index contributed by atoms with van der Waals surface area (Å²) >= 11 is 0. The maximum absolute atomic E-state index is 12.8. The Morgan fingerprint density at radius 2 is 2.00 bits per heavy atom. The molecule has 3 heterocycles. The molecular weight excluding hydrogens is 346 g/mol. The van der Waals surface area contributed by atoms with Crippen LogP contribution in [0.1, 0.15) is 30.0 Å². The van der Waals surface area contributed by atoms with E-state index in [1.165, 1.54) is 4.31 Å². The summed E-state index contributed by atoms with van der Waals surface area (Å²) in [6, 6.07) is 1.64. The maximum atomic E-state index is 12.8. The van der Waals surface area contributed by atoms with Gasteiger partial charge in [-0.1, -0.05) is 5.16 Å². The molecule has 136 valence electrons. The summed E-state index contributed by atoms with van der Waals surface area (Å²) < 4.78 is 31.9. The molecule has 1 saturated heterocycles. The Kier molecular flexibility index (Phi) is 4.65. The Morgan fingerprint density at radius 1 is 1.32 bits per heavy atom. The van der Waals surface area contributed by atoms with Crippen molar-refractivity contribution in [1.82, 2.24) is 19.7 Å². The van der Waals surface area contributed by atoms with Crippen LogP contribution in [-0.4, -0.2) is 47.1 Å². The van der Waals surface area contributed by atoms with Gasteiger partial charge in [0.1, 0.15) is 10.7 Å². The van der Waals surface area contributed by atoms with Gasteiger partial charge in [-0.2, -0.15) is 9.40 Å². The van der Waals surface area contributed by atoms with Gasteiger partial charge in [0.25, 0.3) is 0 Å². The van der Waals surface area contributed by atoms with Crippen LogP contribution in [0.4, 0.5) is 5.82 Å². The van der Waals surface area contributed by atoms with Crippen LogP contribution < -0.4 is 5.32 Å². The van der Waals surface area contributed by atoms with Crippen molar-refractivity contribution in [1.29, 1.82) is 0 Å². The predicted octanol–water partition coefficient (Wildman–Crippen LogP) is 1.36. The molecule has 0 radical (unpaired) electrons. The Balaban J connectivity index is 1.64. The largest absolute Gasteiger partial charge is 0.360 e. The summed E-state index contributed by atoms with van der Waals surface area (Å²) in [7, 11) is -3.60. The van der Waals surface area contributed by atoms with E-state index in [-0.39, 0.29) is 16.7 Å². The summed E-state index contributed by atoms with van der Waals surface area (Å²) in [5, 5.41) is 13.1. The van der Waals surface area contributed by atoms with Crippen molar-refractivity contribution in [3.8, 4) is 0 Å². The molecule has 1 amide bonds. The second-order valence-corrected chi connectivity index (χ2v) is 8.13. The van der Waals surface area contributed by atoms with Gasteiger partial charge >= 0.3 is 0 Å². The zero-order valence-corrected chi connectivity index (χ0v) is 15.2. The minimum atomic E-state index is -3.60. The maximum Gasteiger partial charge on any atom is 0.246 e. The van der Waals surface area contributed by atoms with Crippen LogP contribution in [0.25, 0.3) is 0 Å². The third kappa shape index (κ3) is 3.45. The zero-order valence-electron chi connectivity index (χ0n) is 14.4. The number of aryl methyl sites for hydroxylation is 3. The summed E-state index contributed by atoms with van der Waals surface area (Å²) in [6.45, 7) is 5.68. The molecule has 1 aliphatic heterocycles. The highest BCUT2D eigenvalue weighted by Gasteiger charge is 2.34. The minimum Gasteiger partial charge on any atom is -0.360 e. The molecule has 0 aliphatic carbocycles. The summed E-state index contributed by atoms with van der Waals surface area (Å²) in [6.07, 6.45) is 0.912. The first-order valence-electron chi connectivity index (χ1n) is 8.05. The molecule has 2 aromatic heterocycles. The first-order valence-corrected chi connectivity index (χ1v) is 9.49. The van der Waals surface area contributed by atoms with Crippen molar-refractivity contribution in [2.45, 2.75) is 38.5 Å². The molecule has 0 aromatic carbocycles. The highest BCUT2D eigenvalue weighted by atomic mass is 32.2. The lowest BCUT2D eigenvalue weighted by Gasteiger charge is -2.30. The van der Waals surface area contributed by atoms with Crippen molar-refractivity contribution in [2.24, 2.45) is 5.92 Å². The van der Waals surface area contributed by atoms with Crippen molar-refractivity contribution in [2.75, 3.05) is 18.4 Å². The third-order valence-electron chi connectivity index (χ3n) is 4.36. The van der Waals surface area contributed by atoms with Gasteiger partial charge in [0, 0.05) is 25.1 Å². The molecule has 10 heteroatoms. The predicted molar refractivity (Wildman–Crippen MR) is 89.4 cm³/mol. The van der Waals surface area contributed by atoms with Crippen LogP contribution in [-0.2, 0) is 14.8 Å². The normalized spacial score (nSPS) is 16.9.